The van der Waals surface area contributed by atoms with E-state index in [1.165, 1.54) is 36.0 Å². The lowest BCUT2D eigenvalue weighted by atomic mass is 10.2. The number of aryl methyl sites for hydroxylation is 1. The fraction of sp³-hybridized carbons (Fsp3) is 0.143. The van der Waals surface area contributed by atoms with Crippen LogP contribution in [0.5, 0.6) is 0 Å². The topological polar surface area (TPSA) is 43.1 Å². The largest absolute Gasteiger partial charge is 0.416 e. The molecule has 0 radical (unpaired) electrons. The van der Waals surface area contributed by atoms with Crippen molar-refractivity contribution in [2.24, 2.45) is 0 Å². The molecule has 0 heterocycles. The number of alkyl halides is 3. The predicted molar refractivity (Wildman–Crippen MR) is 73.4 cm³/mol. The molecule has 21 heavy (non-hydrogen) atoms. The van der Waals surface area contributed by atoms with Crippen LogP contribution in [0.15, 0.2) is 52.3 Å². The van der Waals surface area contributed by atoms with Gasteiger partial charge in [0.25, 0.3) is 5.69 Å². The zero-order valence-corrected chi connectivity index (χ0v) is 11.7. The van der Waals surface area contributed by atoms with E-state index in [1.807, 2.05) is 0 Å². The Labute approximate surface area is 122 Å². The number of benzene rings is 2. The van der Waals surface area contributed by atoms with Crippen LogP contribution in [0.25, 0.3) is 0 Å². The van der Waals surface area contributed by atoms with Crippen LogP contribution >= 0.6 is 11.8 Å². The number of hydrogen-bond acceptors (Lipinski definition) is 3. The smallest absolute Gasteiger partial charge is 0.258 e. The minimum atomic E-state index is -4.35. The van der Waals surface area contributed by atoms with E-state index in [4.69, 9.17) is 0 Å². The van der Waals surface area contributed by atoms with Gasteiger partial charge >= 0.3 is 6.18 Å². The highest BCUT2D eigenvalue weighted by Gasteiger charge is 2.29. The van der Waals surface area contributed by atoms with E-state index in [1.54, 1.807) is 13.0 Å². The summed E-state index contributed by atoms with van der Waals surface area (Å²) in [6, 6.07) is 9.20. The van der Waals surface area contributed by atoms with Gasteiger partial charge in [0, 0.05) is 21.9 Å². The van der Waals surface area contributed by atoms with Crippen LogP contribution in [0.1, 0.15) is 11.1 Å². The molecule has 0 aliphatic carbocycles. The molecule has 0 bridgehead atoms. The van der Waals surface area contributed by atoms with Gasteiger partial charge in [0.15, 0.2) is 0 Å². The average molecular weight is 313 g/mol. The molecule has 0 saturated heterocycles. The van der Waals surface area contributed by atoms with Gasteiger partial charge in [-0.3, -0.25) is 10.1 Å². The molecule has 0 aliphatic heterocycles. The van der Waals surface area contributed by atoms with Crippen molar-refractivity contribution in [2.75, 3.05) is 0 Å². The molecule has 2 aromatic carbocycles. The Kier molecular flexibility index (Phi) is 4.22. The first-order valence-electron chi connectivity index (χ1n) is 5.87. The van der Waals surface area contributed by atoms with Crippen molar-refractivity contribution in [2.45, 2.75) is 22.9 Å². The molecule has 0 unspecified atom stereocenters. The maximum Gasteiger partial charge on any atom is 0.416 e. The Bertz CT molecular complexity index is 669. The van der Waals surface area contributed by atoms with Crippen molar-refractivity contribution >= 4 is 17.4 Å². The van der Waals surface area contributed by atoms with E-state index in [0.717, 1.165) is 17.0 Å². The molecule has 110 valence electrons. The maximum absolute atomic E-state index is 12.5. The predicted octanol–water partition coefficient (Wildman–Crippen LogP) is 5.07. The van der Waals surface area contributed by atoms with Gasteiger partial charge in [-0.25, -0.2) is 0 Å². The summed E-state index contributed by atoms with van der Waals surface area (Å²) in [7, 11) is 0. The SMILES string of the molecule is Cc1cc([N+](=O)[O-])ccc1Sc1ccc(C(F)(F)F)cc1. The van der Waals surface area contributed by atoms with Gasteiger partial charge in [-0.2, -0.15) is 13.2 Å². The third-order valence-corrected chi connectivity index (χ3v) is 3.96. The molecular weight excluding hydrogens is 303 g/mol. The fourth-order valence-electron chi connectivity index (χ4n) is 1.70. The molecule has 0 fully saturated rings. The van der Waals surface area contributed by atoms with Gasteiger partial charge in [0.05, 0.1) is 10.5 Å². The van der Waals surface area contributed by atoms with Crippen LogP contribution in [-0.4, -0.2) is 4.92 Å². The summed E-state index contributed by atoms with van der Waals surface area (Å²) >= 11 is 1.26. The van der Waals surface area contributed by atoms with Crippen molar-refractivity contribution < 1.29 is 18.1 Å². The van der Waals surface area contributed by atoms with Crippen molar-refractivity contribution in [1.29, 1.82) is 0 Å². The third-order valence-electron chi connectivity index (χ3n) is 2.78. The second-order valence-corrected chi connectivity index (χ2v) is 5.45. The highest BCUT2D eigenvalue weighted by atomic mass is 32.2. The summed E-state index contributed by atoms with van der Waals surface area (Å²) < 4.78 is 37.4. The zero-order chi connectivity index (χ0) is 15.6. The molecule has 0 aliphatic rings. The van der Waals surface area contributed by atoms with Crippen LogP contribution in [0, 0.1) is 17.0 Å². The van der Waals surface area contributed by atoms with E-state index < -0.39 is 16.7 Å². The Hall–Kier alpha value is -2.02. The Morgan fingerprint density at radius 1 is 1.10 bits per heavy atom. The molecule has 2 rings (SSSR count). The van der Waals surface area contributed by atoms with E-state index in [0.29, 0.717) is 10.5 Å². The van der Waals surface area contributed by atoms with Crippen LogP contribution < -0.4 is 0 Å². The summed E-state index contributed by atoms with van der Waals surface area (Å²) in [6.45, 7) is 1.72. The summed E-state index contributed by atoms with van der Waals surface area (Å²) in [5, 5.41) is 10.6. The molecule has 0 spiro atoms. The van der Waals surface area contributed by atoms with Crippen molar-refractivity contribution in [1.82, 2.24) is 0 Å². The molecule has 0 atom stereocenters. The van der Waals surface area contributed by atoms with Crippen molar-refractivity contribution in [3.05, 3.63) is 63.7 Å². The Morgan fingerprint density at radius 3 is 2.19 bits per heavy atom. The fourth-order valence-corrected chi connectivity index (χ4v) is 2.58. The lowest BCUT2D eigenvalue weighted by Crippen LogP contribution is -2.03. The van der Waals surface area contributed by atoms with E-state index in [-0.39, 0.29) is 5.69 Å². The molecule has 7 heteroatoms. The van der Waals surface area contributed by atoms with Gasteiger partial charge in [-0.15, -0.1) is 0 Å². The minimum Gasteiger partial charge on any atom is -0.258 e. The average Bonchev–Trinajstić information content (AvgIpc) is 2.40. The van der Waals surface area contributed by atoms with E-state index >= 15 is 0 Å². The third kappa shape index (κ3) is 3.75. The molecule has 0 aromatic heterocycles. The highest BCUT2D eigenvalue weighted by Crippen LogP contribution is 2.34. The summed E-state index contributed by atoms with van der Waals surface area (Å²) in [4.78, 5) is 11.6. The van der Waals surface area contributed by atoms with Crippen molar-refractivity contribution in [3.8, 4) is 0 Å². The van der Waals surface area contributed by atoms with Gasteiger partial charge in [-0.05, 0) is 42.8 Å². The lowest BCUT2D eigenvalue weighted by molar-refractivity contribution is -0.385. The zero-order valence-electron chi connectivity index (χ0n) is 10.8. The highest BCUT2D eigenvalue weighted by molar-refractivity contribution is 7.99. The van der Waals surface area contributed by atoms with Crippen LogP contribution in [0.2, 0.25) is 0 Å². The quantitative estimate of drug-likeness (QED) is 0.586. The number of hydrogen-bond donors (Lipinski definition) is 0. The number of nitro benzene ring substituents is 1. The van der Waals surface area contributed by atoms with E-state index in [2.05, 4.69) is 0 Å². The van der Waals surface area contributed by atoms with Gasteiger partial charge in [0.2, 0.25) is 0 Å². The first-order valence-corrected chi connectivity index (χ1v) is 6.69. The Balaban J connectivity index is 2.20. The van der Waals surface area contributed by atoms with Gasteiger partial charge in [-0.1, -0.05) is 11.8 Å². The second-order valence-electron chi connectivity index (χ2n) is 4.33. The first kappa shape index (κ1) is 15.4. The number of nitrogens with zero attached hydrogens (tertiary/aromatic N) is 1. The van der Waals surface area contributed by atoms with Crippen molar-refractivity contribution in [3.63, 3.8) is 0 Å². The van der Waals surface area contributed by atoms with Crippen LogP contribution in [-0.2, 0) is 6.18 Å². The lowest BCUT2D eigenvalue weighted by Gasteiger charge is -2.08. The Morgan fingerprint density at radius 2 is 1.71 bits per heavy atom. The molecule has 0 amide bonds. The number of rotatable bonds is 3. The van der Waals surface area contributed by atoms with Gasteiger partial charge < -0.3 is 0 Å². The molecular formula is C14H10F3NO2S. The summed E-state index contributed by atoms with van der Waals surface area (Å²) in [6.07, 6.45) is -4.35. The molecule has 0 saturated carbocycles. The number of nitro groups is 1. The molecule has 0 N–H and O–H groups in total. The second kappa shape index (κ2) is 5.77. The van der Waals surface area contributed by atoms with E-state index in [9.17, 15) is 23.3 Å². The number of halogens is 3. The molecule has 3 nitrogen and oxygen atoms in total. The maximum atomic E-state index is 12.5. The summed E-state index contributed by atoms with van der Waals surface area (Å²) in [5.74, 6) is 0. The van der Waals surface area contributed by atoms with Crippen LogP contribution in [0.4, 0.5) is 18.9 Å². The normalized spacial score (nSPS) is 11.4. The van der Waals surface area contributed by atoms with Gasteiger partial charge in [0.1, 0.15) is 0 Å². The van der Waals surface area contributed by atoms with Crippen LogP contribution in [0.3, 0.4) is 0 Å². The monoisotopic (exact) mass is 313 g/mol. The first-order chi connectivity index (χ1) is 9.77. The number of non-ortho nitro benzene ring substituents is 1. The summed E-state index contributed by atoms with van der Waals surface area (Å²) in [5.41, 5.74) is -0.00867. The minimum absolute atomic E-state index is 0.00994. The molecule has 2 aromatic rings. The standard InChI is InChI=1S/C14H10F3NO2S/c1-9-8-11(18(19)20)4-7-13(9)21-12-5-2-10(3-6-12)14(15,16)17/h2-8H,1H3.